The van der Waals surface area contributed by atoms with Crippen molar-refractivity contribution < 1.29 is 13.2 Å². The molecule has 1 heterocycles. The van der Waals surface area contributed by atoms with Gasteiger partial charge in [0.2, 0.25) is 5.78 Å². The second-order valence-electron chi connectivity index (χ2n) is 5.58. The van der Waals surface area contributed by atoms with Crippen molar-refractivity contribution in [2.45, 2.75) is 4.90 Å². The van der Waals surface area contributed by atoms with Gasteiger partial charge >= 0.3 is 0 Å². The van der Waals surface area contributed by atoms with E-state index < -0.39 is 15.8 Å². The largest absolute Gasteiger partial charge is 0.378 e. The first kappa shape index (κ1) is 16.9. The van der Waals surface area contributed by atoms with Gasteiger partial charge in [0.15, 0.2) is 5.82 Å². The van der Waals surface area contributed by atoms with E-state index in [4.69, 9.17) is 0 Å². The standard InChI is InChI=1S/C18H16N3O3S/c1-20(2)15-10-8-14(9-11-15)17(22)18-19-12-13-21(18)25(23,24)16-6-4-3-5-7-16/h3-11,13H,1-2H3. The summed E-state index contributed by atoms with van der Waals surface area (Å²) in [5.74, 6) is -0.674. The molecule has 0 N–H and O–H groups in total. The van der Waals surface area contributed by atoms with Crippen LogP contribution in [-0.4, -0.2) is 37.3 Å². The van der Waals surface area contributed by atoms with E-state index in [2.05, 4.69) is 11.2 Å². The number of ketones is 1. The van der Waals surface area contributed by atoms with Gasteiger partial charge in [-0.25, -0.2) is 17.4 Å². The lowest BCUT2D eigenvalue weighted by molar-refractivity contribution is 0.102. The van der Waals surface area contributed by atoms with Crippen LogP contribution in [-0.2, 0) is 10.0 Å². The maximum absolute atomic E-state index is 12.7. The van der Waals surface area contributed by atoms with Crippen LogP contribution >= 0.6 is 0 Å². The minimum Gasteiger partial charge on any atom is -0.378 e. The zero-order valence-corrected chi connectivity index (χ0v) is 14.6. The van der Waals surface area contributed by atoms with Crippen molar-refractivity contribution in [2.24, 2.45) is 0 Å². The monoisotopic (exact) mass is 354 g/mol. The summed E-state index contributed by atoms with van der Waals surface area (Å²) in [6.07, 6.45) is 3.62. The van der Waals surface area contributed by atoms with E-state index in [-0.39, 0.29) is 10.7 Å². The van der Waals surface area contributed by atoms with Crippen molar-refractivity contribution in [1.29, 1.82) is 0 Å². The predicted octanol–water partition coefficient (Wildman–Crippen LogP) is 2.22. The van der Waals surface area contributed by atoms with Gasteiger partial charge in [0, 0.05) is 25.3 Å². The van der Waals surface area contributed by atoms with Crippen LogP contribution in [0.1, 0.15) is 16.2 Å². The minimum absolute atomic E-state index is 0.0819. The molecule has 0 saturated carbocycles. The molecule has 0 amide bonds. The summed E-state index contributed by atoms with van der Waals surface area (Å²) in [7, 11) is -0.120. The van der Waals surface area contributed by atoms with Crippen LogP contribution in [0.4, 0.5) is 5.69 Å². The number of aromatic nitrogens is 2. The first-order valence-electron chi connectivity index (χ1n) is 7.49. The maximum atomic E-state index is 12.7. The Morgan fingerprint density at radius 2 is 1.68 bits per heavy atom. The highest BCUT2D eigenvalue weighted by molar-refractivity contribution is 7.90. The van der Waals surface area contributed by atoms with Crippen LogP contribution in [0.25, 0.3) is 0 Å². The molecule has 0 bridgehead atoms. The summed E-state index contributed by atoms with van der Waals surface area (Å²) >= 11 is 0. The first-order chi connectivity index (χ1) is 11.9. The first-order valence-corrected chi connectivity index (χ1v) is 8.93. The fraction of sp³-hybridized carbons (Fsp3) is 0.111. The summed E-state index contributed by atoms with van der Waals surface area (Å²) < 4.78 is 26.3. The highest BCUT2D eigenvalue weighted by atomic mass is 32.2. The third-order valence-corrected chi connectivity index (χ3v) is 5.37. The average molecular weight is 354 g/mol. The lowest BCUT2D eigenvalue weighted by Gasteiger charge is -2.12. The Morgan fingerprint density at radius 3 is 2.28 bits per heavy atom. The van der Waals surface area contributed by atoms with Crippen molar-refractivity contribution in [3.8, 4) is 0 Å². The fourth-order valence-corrected chi connectivity index (χ4v) is 3.60. The lowest BCUT2D eigenvalue weighted by atomic mass is 10.1. The number of carbonyl (C=O) groups is 1. The molecule has 0 saturated heterocycles. The Kier molecular flexibility index (Phi) is 4.41. The summed E-state index contributed by atoms with van der Waals surface area (Å²) in [6, 6.07) is 14.8. The molecule has 0 atom stereocenters. The van der Waals surface area contributed by atoms with E-state index in [1.165, 1.54) is 12.1 Å². The van der Waals surface area contributed by atoms with Crippen molar-refractivity contribution >= 4 is 21.5 Å². The molecule has 2 aromatic carbocycles. The predicted molar refractivity (Wildman–Crippen MR) is 94.3 cm³/mol. The number of hydrogen-bond donors (Lipinski definition) is 0. The van der Waals surface area contributed by atoms with Gasteiger partial charge in [0.05, 0.1) is 11.1 Å². The van der Waals surface area contributed by atoms with Gasteiger partial charge in [-0.15, -0.1) is 0 Å². The number of carbonyl (C=O) groups excluding carboxylic acids is 1. The zero-order valence-electron chi connectivity index (χ0n) is 13.7. The number of hydrogen-bond acceptors (Lipinski definition) is 5. The number of nitrogens with zero attached hydrogens (tertiary/aromatic N) is 3. The van der Waals surface area contributed by atoms with Gasteiger partial charge in [-0.2, -0.15) is 0 Å². The quantitative estimate of drug-likeness (QED) is 0.657. The summed E-state index contributed by atoms with van der Waals surface area (Å²) in [5.41, 5.74) is 1.29. The van der Waals surface area contributed by atoms with E-state index in [1.807, 2.05) is 19.0 Å². The number of rotatable bonds is 5. The van der Waals surface area contributed by atoms with Gasteiger partial charge in [-0.1, -0.05) is 18.2 Å². The lowest BCUT2D eigenvalue weighted by Crippen LogP contribution is -2.19. The molecule has 25 heavy (non-hydrogen) atoms. The highest BCUT2D eigenvalue weighted by Gasteiger charge is 2.24. The Hall–Kier alpha value is -2.93. The zero-order chi connectivity index (χ0) is 18.0. The second-order valence-corrected chi connectivity index (χ2v) is 7.39. The Labute approximate surface area is 146 Å². The molecular formula is C18H16N3O3S. The van der Waals surface area contributed by atoms with E-state index in [1.54, 1.807) is 42.5 Å². The molecule has 3 rings (SSSR count). The minimum atomic E-state index is -3.91. The van der Waals surface area contributed by atoms with E-state index in [0.717, 1.165) is 15.9 Å². The van der Waals surface area contributed by atoms with Crippen molar-refractivity contribution in [2.75, 3.05) is 19.0 Å². The van der Waals surface area contributed by atoms with Crippen LogP contribution in [0.2, 0.25) is 0 Å². The topological polar surface area (TPSA) is 72.3 Å². The van der Waals surface area contributed by atoms with Crippen LogP contribution < -0.4 is 4.90 Å². The van der Waals surface area contributed by atoms with Gasteiger partial charge in [0.25, 0.3) is 10.0 Å². The Bertz CT molecular complexity index is 992. The fourth-order valence-electron chi connectivity index (χ4n) is 2.33. The molecule has 0 fully saturated rings. The molecule has 127 valence electrons. The normalized spacial score (nSPS) is 11.3. The maximum Gasteiger partial charge on any atom is 0.269 e. The summed E-state index contributed by atoms with van der Waals surface area (Å²) in [5, 5.41) is 0. The van der Waals surface area contributed by atoms with E-state index in [9.17, 15) is 13.2 Å². The molecule has 3 aromatic rings. The van der Waals surface area contributed by atoms with Crippen molar-refractivity contribution in [3.05, 3.63) is 78.4 Å². The molecule has 1 aromatic heterocycles. The Balaban J connectivity index is 2.00. The summed E-state index contributed by atoms with van der Waals surface area (Å²) in [6.45, 7) is 0. The summed E-state index contributed by atoms with van der Waals surface area (Å²) in [4.78, 5) is 18.5. The molecule has 0 unspecified atom stereocenters. The molecule has 1 radical (unpaired) electrons. The number of imidazole rings is 1. The molecule has 0 spiro atoms. The van der Waals surface area contributed by atoms with Crippen LogP contribution in [0, 0.1) is 6.20 Å². The number of anilines is 1. The Morgan fingerprint density at radius 1 is 1.04 bits per heavy atom. The van der Waals surface area contributed by atoms with Gasteiger partial charge < -0.3 is 4.90 Å². The van der Waals surface area contributed by atoms with Crippen molar-refractivity contribution in [3.63, 3.8) is 0 Å². The SMILES string of the molecule is CN(C)c1ccc(C(=O)c2n[c]cn2S(=O)(=O)c2ccccc2)cc1. The molecule has 0 aliphatic carbocycles. The third-order valence-electron chi connectivity index (χ3n) is 3.70. The van der Waals surface area contributed by atoms with Crippen LogP contribution in [0.5, 0.6) is 0 Å². The van der Waals surface area contributed by atoms with E-state index in [0.29, 0.717) is 5.56 Å². The van der Waals surface area contributed by atoms with Gasteiger partial charge in [0.1, 0.15) is 6.20 Å². The molecule has 6 nitrogen and oxygen atoms in total. The average Bonchev–Trinajstić information content (AvgIpc) is 3.12. The molecule has 0 aliphatic heterocycles. The van der Waals surface area contributed by atoms with Gasteiger partial charge in [-0.3, -0.25) is 4.79 Å². The molecule has 7 heteroatoms. The smallest absolute Gasteiger partial charge is 0.269 e. The number of benzene rings is 2. The third kappa shape index (κ3) is 3.18. The molecular weight excluding hydrogens is 338 g/mol. The van der Waals surface area contributed by atoms with Crippen molar-refractivity contribution in [1.82, 2.24) is 8.96 Å². The van der Waals surface area contributed by atoms with E-state index >= 15 is 0 Å². The molecule has 0 aliphatic rings. The second kappa shape index (κ2) is 6.52. The van der Waals surface area contributed by atoms with Gasteiger partial charge in [-0.05, 0) is 36.4 Å². The van der Waals surface area contributed by atoms with Crippen LogP contribution in [0.15, 0.2) is 65.7 Å². The highest BCUT2D eigenvalue weighted by Crippen LogP contribution is 2.18. The van der Waals surface area contributed by atoms with Crippen LogP contribution in [0.3, 0.4) is 0 Å².